The van der Waals surface area contributed by atoms with Gasteiger partial charge in [-0.3, -0.25) is 0 Å². The van der Waals surface area contributed by atoms with E-state index in [1.165, 1.54) is 63.2 Å². The zero-order valence-corrected chi connectivity index (χ0v) is 39.5. The minimum atomic E-state index is -2.97. The van der Waals surface area contributed by atoms with Crippen molar-refractivity contribution in [1.29, 1.82) is 0 Å². The third-order valence-electron chi connectivity index (χ3n) is 13.5. The van der Waals surface area contributed by atoms with Crippen molar-refractivity contribution in [2.45, 2.75) is 0 Å². The number of rotatable bonds is 11. The molecule has 1 aliphatic rings. The minimum Gasteiger partial charge on any atom is -0.497 e. The van der Waals surface area contributed by atoms with E-state index in [9.17, 15) is 0 Å². The van der Waals surface area contributed by atoms with Gasteiger partial charge in [0.05, 0.1) is 14.2 Å². The zero-order chi connectivity index (χ0) is 45.6. The highest BCUT2D eigenvalue weighted by atomic mass is 32.1. The first-order chi connectivity index (χ1) is 33.6. The van der Waals surface area contributed by atoms with Crippen molar-refractivity contribution in [1.82, 2.24) is 0 Å². The van der Waals surface area contributed by atoms with Crippen LogP contribution in [-0.2, 0) is 0 Å². The second-order valence-electron chi connectivity index (χ2n) is 17.2. The van der Waals surface area contributed by atoms with Crippen LogP contribution in [0.4, 0.5) is 34.1 Å². The molecule has 0 bridgehead atoms. The van der Waals surface area contributed by atoms with Crippen molar-refractivity contribution in [2.75, 3.05) is 24.0 Å². The third kappa shape index (κ3) is 6.96. The van der Waals surface area contributed by atoms with Crippen molar-refractivity contribution < 1.29 is 9.47 Å². The molecular formula is C62H46N2O2SSi. The van der Waals surface area contributed by atoms with Crippen LogP contribution in [0.3, 0.4) is 0 Å². The number of thiophene rings is 1. The Hall–Kier alpha value is -8.16. The van der Waals surface area contributed by atoms with Gasteiger partial charge in [-0.15, -0.1) is 11.3 Å². The third-order valence-corrected chi connectivity index (χ3v) is 19.6. The molecule has 0 aliphatic carbocycles. The minimum absolute atomic E-state index is 0.836. The lowest BCUT2D eigenvalue weighted by Gasteiger charge is -2.32. The molecule has 0 spiro atoms. The highest BCUT2D eigenvalue weighted by Crippen LogP contribution is 2.44. The molecule has 0 saturated heterocycles. The molecule has 1 aromatic heterocycles. The molecule has 11 aromatic rings. The lowest BCUT2D eigenvalue weighted by Crippen LogP contribution is -2.72. The maximum Gasteiger partial charge on any atom is 0.180 e. The normalized spacial score (nSPS) is 12.4. The molecule has 326 valence electrons. The Labute approximate surface area is 402 Å². The Morgan fingerprint density at radius 2 is 0.735 bits per heavy atom. The van der Waals surface area contributed by atoms with Crippen molar-refractivity contribution in [3.05, 3.63) is 243 Å². The zero-order valence-electron chi connectivity index (χ0n) is 37.7. The van der Waals surface area contributed by atoms with Crippen LogP contribution in [-0.4, -0.2) is 22.3 Å². The fraction of sp³-hybridized carbons (Fsp3) is 0.0323. The van der Waals surface area contributed by atoms with Gasteiger partial charge in [0.15, 0.2) is 8.07 Å². The maximum absolute atomic E-state index is 5.75. The standard InChI is InChI=1S/C62H46N2O2SSi/c1-65-51-27-31-53(32-28-51)68(54-33-29-52(66-2)30-34-54)61-37-25-49(63(45-17-9-4-10-18-45)46-19-11-5-12-20-46)41-57(61)58-42-50(26-38-62(58)68)64(47-21-13-6-14-22-47)48-24-36-60-56(40-48)55-39-44(23-35-59(55)67-60)43-15-7-3-8-16-43/h3-42H,1-2H3. The molecule has 0 unspecified atom stereocenters. The molecule has 6 heteroatoms. The van der Waals surface area contributed by atoms with Gasteiger partial charge in [-0.25, -0.2) is 0 Å². The summed E-state index contributed by atoms with van der Waals surface area (Å²) in [5.41, 5.74) is 11.5. The van der Waals surface area contributed by atoms with Crippen molar-refractivity contribution >= 4 is 94.5 Å². The van der Waals surface area contributed by atoms with Crippen LogP contribution in [0.1, 0.15) is 0 Å². The number of anilines is 6. The van der Waals surface area contributed by atoms with E-state index in [0.29, 0.717) is 0 Å². The average Bonchev–Trinajstić information content (AvgIpc) is 3.92. The van der Waals surface area contributed by atoms with Crippen LogP contribution < -0.4 is 40.0 Å². The fourth-order valence-electron chi connectivity index (χ4n) is 10.4. The van der Waals surface area contributed by atoms with Crippen molar-refractivity contribution in [3.8, 4) is 33.8 Å². The van der Waals surface area contributed by atoms with Crippen LogP contribution in [0.5, 0.6) is 11.5 Å². The Bertz CT molecular complexity index is 3500. The molecule has 0 amide bonds. The molecule has 0 fully saturated rings. The summed E-state index contributed by atoms with van der Waals surface area (Å²) in [6.45, 7) is 0. The van der Waals surface area contributed by atoms with Gasteiger partial charge in [0.25, 0.3) is 0 Å². The number of nitrogens with zero attached hydrogens (tertiary/aromatic N) is 2. The van der Waals surface area contributed by atoms with E-state index in [2.05, 4.69) is 252 Å². The number of ether oxygens (including phenoxy) is 2. The van der Waals surface area contributed by atoms with Crippen LogP contribution in [0.25, 0.3) is 42.4 Å². The largest absolute Gasteiger partial charge is 0.497 e. The Balaban J connectivity index is 1.10. The molecule has 4 nitrogen and oxygen atoms in total. The molecule has 2 heterocycles. The first kappa shape index (κ1) is 41.3. The van der Waals surface area contributed by atoms with E-state index < -0.39 is 8.07 Å². The van der Waals surface area contributed by atoms with E-state index in [1.807, 2.05) is 11.3 Å². The van der Waals surface area contributed by atoms with Crippen molar-refractivity contribution in [3.63, 3.8) is 0 Å². The molecule has 10 aromatic carbocycles. The average molecular weight is 911 g/mol. The summed E-state index contributed by atoms with van der Waals surface area (Å²) in [5, 5.41) is 7.79. The Kier molecular flexibility index (Phi) is 10.5. The number of hydrogen-bond donors (Lipinski definition) is 0. The van der Waals surface area contributed by atoms with Gasteiger partial charge >= 0.3 is 0 Å². The predicted molar refractivity (Wildman–Crippen MR) is 290 cm³/mol. The van der Waals surface area contributed by atoms with Gasteiger partial charge in [0.1, 0.15) is 11.5 Å². The van der Waals surface area contributed by atoms with E-state index in [-0.39, 0.29) is 0 Å². The first-order valence-corrected chi connectivity index (χ1v) is 25.8. The monoisotopic (exact) mass is 910 g/mol. The van der Waals surface area contributed by atoms with Gasteiger partial charge in [0, 0.05) is 54.3 Å². The number of benzene rings is 10. The number of fused-ring (bicyclic) bond motifs is 6. The van der Waals surface area contributed by atoms with Gasteiger partial charge in [0.2, 0.25) is 0 Å². The molecule has 12 rings (SSSR count). The summed E-state index contributed by atoms with van der Waals surface area (Å²) in [4.78, 5) is 4.79. The summed E-state index contributed by atoms with van der Waals surface area (Å²) in [5.74, 6) is 1.67. The molecule has 0 saturated carbocycles. The van der Waals surface area contributed by atoms with Crippen LogP contribution in [0.15, 0.2) is 243 Å². The second kappa shape index (κ2) is 17.2. The quantitative estimate of drug-likeness (QED) is 0.121. The molecular weight excluding hydrogens is 865 g/mol. The second-order valence-corrected chi connectivity index (χ2v) is 22.0. The van der Waals surface area contributed by atoms with E-state index in [0.717, 1.165) is 45.6 Å². The highest BCUT2D eigenvalue weighted by molar-refractivity contribution is 7.25. The van der Waals surface area contributed by atoms with Gasteiger partial charge < -0.3 is 19.3 Å². The lowest BCUT2D eigenvalue weighted by molar-refractivity contribution is 0.415. The lowest BCUT2D eigenvalue weighted by atomic mass is 10.0. The fourth-order valence-corrected chi connectivity index (χ4v) is 16.6. The predicted octanol–water partition coefficient (Wildman–Crippen LogP) is 14.0. The Morgan fingerprint density at radius 1 is 0.338 bits per heavy atom. The summed E-state index contributed by atoms with van der Waals surface area (Å²) >= 11 is 1.85. The van der Waals surface area contributed by atoms with E-state index in [4.69, 9.17) is 9.47 Å². The molecule has 1 aliphatic heterocycles. The smallest absolute Gasteiger partial charge is 0.180 e. The molecule has 0 N–H and O–H groups in total. The molecule has 68 heavy (non-hydrogen) atoms. The van der Waals surface area contributed by atoms with Gasteiger partial charge in [-0.2, -0.15) is 0 Å². The van der Waals surface area contributed by atoms with Crippen LogP contribution in [0, 0.1) is 0 Å². The maximum atomic E-state index is 5.75. The number of methoxy groups -OCH3 is 2. The number of para-hydroxylation sites is 3. The molecule has 0 radical (unpaired) electrons. The molecule has 0 atom stereocenters. The summed E-state index contributed by atoms with van der Waals surface area (Å²) < 4.78 is 14.1. The van der Waals surface area contributed by atoms with Crippen LogP contribution >= 0.6 is 11.3 Å². The summed E-state index contributed by atoms with van der Waals surface area (Å²) in [6, 6.07) is 88.7. The van der Waals surface area contributed by atoms with Crippen molar-refractivity contribution in [2.24, 2.45) is 0 Å². The summed E-state index contributed by atoms with van der Waals surface area (Å²) in [6.07, 6.45) is 0. The van der Waals surface area contributed by atoms with Gasteiger partial charge in [-0.1, -0.05) is 127 Å². The SMILES string of the molecule is COc1ccc([Si]2(c3ccc(OC)cc3)c3ccc(N(c4ccccc4)c4ccccc4)cc3-c3cc(N(c4ccccc4)c4ccc5sc6ccc(-c7ccccc7)cc6c5c4)ccc32)cc1. The van der Waals surface area contributed by atoms with E-state index in [1.54, 1.807) is 14.2 Å². The highest BCUT2D eigenvalue weighted by Gasteiger charge is 2.49. The van der Waals surface area contributed by atoms with E-state index >= 15 is 0 Å². The number of hydrogen-bond acceptors (Lipinski definition) is 5. The summed E-state index contributed by atoms with van der Waals surface area (Å²) in [7, 11) is 0.503. The first-order valence-electron chi connectivity index (χ1n) is 23.0. The van der Waals surface area contributed by atoms with Crippen LogP contribution in [0.2, 0.25) is 0 Å². The Morgan fingerprint density at radius 3 is 1.21 bits per heavy atom. The van der Waals surface area contributed by atoms with Gasteiger partial charge in [-0.05, 0) is 158 Å². The topological polar surface area (TPSA) is 24.9 Å².